The number of carbonyl (C=O) groups is 1. The van der Waals surface area contributed by atoms with Crippen LogP contribution in [0.2, 0.25) is 0 Å². The van der Waals surface area contributed by atoms with Gasteiger partial charge in [0, 0.05) is 14.2 Å². The van der Waals surface area contributed by atoms with E-state index in [0.29, 0.717) is 11.3 Å². The second-order valence-electron chi connectivity index (χ2n) is 3.49. The number of hydrogen-bond acceptors (Lipinski definition) is 4. The number of nitrogens with one attached hydrogen (secondary N) is 1. The number of methoxy groups -OCH3 is 2. The molecule has 1 unspecified atom stereocenters. The molecule has 1 rings (SSSR count). The van der Waals surface area contributed by atoms with Crippen LogP contribution in [-0.2, 0) is 9.47 Å². The summed E-state index contributed by atoms with van der Waals surface area (Å²) >= 11 is 0. The molecule has 1 atom stereocenters. The highest BCUT2D eigenvalue weighted by molar-refractivity contribution is 5.95. The Bertz CT molecular complexity index is 344. The predicted molar refractivity (Wildman–Crippen MR) is 58.2 cm³/mol. The van der Waals surface area contributed by atoms with E-state index < -0.39 is 6.29 Å². The summed E-state index contributed by atoms with van der Waals surface area (Å²) in [4.78, 5) is 11.8. The van der Waals surface area contributed by atoms with Crippen LogP contribution in [0.5, 0.6) is 0 Å². The van der Waals surface area contributed by atoms with E-state index >= 15 is 0 Å². The van der Waals surface area contributed by atoms with Crippen LogP contribution in [0.15, 0.2) is 16.7 Å². The van der Waals surface area contributed by atoms with E-state index in [1.807, 2.05) is 6.92 Å². The van der Waals surface area contributed by atoms with Crippen molar-refractivity contribution in [1.82, 2.24) is 5.32 Å². The number of carbonyl (C=O) groups excluding carboxylic acids is 1. The molecule has 0 aliphatic carbocycles. The molecule has 0 spiro atoms. The topological polar surface area (TPSA) is 60.7 Å². The normalized spacial score (nSPS) is 12.8. The van der Waals surface area contributed by atoms with Crippen LogP contribution >= 0.6 is 0 Å². The molecule has 0 bridgehead atoms. The van der Waals surface area contributed by atoms with Gasteiger partial charge in [0.1, 0.15) is 5.76 Å². The molecule has 0 aliphatic rings. The van der Waals surface area contributed by atoms with Crippen LogP contribution in [-0.4, -0.2) is 32.5 Å². The zero-order valence-corrected chi connectivity index (χ0v) is 9.94. The number of furan rings is 1. The minimum absolute atomic E-state index is 0.196. The van der Waals surface area contributed by atoms with Crippen molar-refractivity contribution in [2.75, 3.05) is 14.2 Å². The summed E-state index contributed by atoms with van der Waals surface area (Å²) in [6, 6.07) is 1.39. The summed E-state index contributed by atoms with van der Waals surface area (Å²) < 4.78 is 15.2. The van der Waals surface area contributed by atoms with Crippen LogP contribution < -0.4 is 5.32 Å². The predicted octanol–water partition coefficient (Wildman–Crippen LogP) is 1.33. The summed E-state index contributed by atoms with van der Waals surface area (Å²) in [5, 5.41) is 2.78. The largest absolute Gasteiger partial charge is 0.469 e. The third-order valence-corrected chi connectivity index (χ3v) is 2.34. The van der Waals surface area contributed by atoms with Gasteiger partial charge < -0.3 is 19.2 Å². The van der Waals surface area contributed by atoms with Crippen LogP contribution in [0.4, 0.5) is 0 Å². The third-order valence-electron chi connectivity index (χ3n) is 2.34. The zero-order valence-electron chi connectivity index (χ0n) is 9.94. The van der Waals surface area contributed by atoms with Gasteiger partial charge in [0.2, 0.25) is 0 Å². The molecule has 0 radical (unpaired) electrons. The lowest BCUT2D eigenvalue weighted by molar-refractivity contribution is -0.117. The molecule has 1 heterocycles. The number of hydrogen-bond donors (Lipinski definition) is 1. The van der Waals surface area contributed by atoms with E-state index in [-0.39, 0.29) is 11.9 Å². The summed E-state index contributed by atoms with van der Waals surface area (Å²) in [5.74, 6) is 0.397. The number of ether oxygens (including phenoxy) is 2. The van der Waals surface area contributed by atoms with Crippen molar-refractivity contribution < 1.29 is 18.7 Å². The second kappa shape index (κ2) is 5.67. The Morgan fingerprint density at radius 2 is 2.06 bits per heavy atom. The average Bonchev–Trinajstić information content (AvgIpc) is 2.66. The Hall–Kier alpha value is -1.33. The summed E-state index contributed by atoms with van der Waals surface area (Å²) in [5.41, 5.74) is 0.526. The SMILES string of the molecule is COC(OC)C(C)NC(=O)c1ccoc1C. The molecular weight excluding hydrogens is 210 g/mol. The van der Waals surface area contributed by atoms with Gasteiger partial charge in [-0.2, -0.15) is 0 Å². The number of amides is 1. The first-order valence-electron chi connectivity index (χ1n) is 5.00. The van der Waals surface area contributed by atoms with Crippen molar-refractivity contribution in [1.29, 1.82) is 0 Å². The molecule has 5 heteroatoms. The maximum Gasteiger partial charge on any atom is 0.255 e. The monoisotopic (exact) mass is 227 g/mol. The van der Waals surface area contributed by atoms with Gasteiger partial charge in [-0.1, -0.05) is 0 Å². The van der Waals surface area contributed by atoms with E-state index in [2.05, 4.69) is 5.32 Å². The minimum Gasteiger partial charge on any atom is -0.469 e. The Kier molecular flexibility index (Phi) is 4.52. The van der Waals surface area contributed by atoms with Crippen LogP contribution in [0.1, 0.15) is 23.0 Å². The maximum absolute atomic E-state index is 11.8. The zero-order chi connectivity index (χ0) is 12.1. The molecule has 1 aromatic heterocycles. The Labute approximate surface area is 94.7 Å². The summed E-state index contributed by atoms with van der Waals surface area (Å²) in [6.07, 6.45) is 1.02. The van der Waals surface area contributed by atoms with Gasteiger partial charge >= 0.3 is 0 Å². The molecule has 0 saturated heterocycles. The molecule has 1 N–H and O–H groups in total. The standard InChI is InChI=1S/C11H17NO4/c1-7(11(14-3)15-4)12-10(13)9-5-6-16-8(9)2/h5-7,11H,1-4H3,(H,12,13). The highest BCUT2D eigenvalue weighted by Crippen LogP contribution is 2.09. The number of aryl methyl sites for hydroxylation is 1. The van der Waals surface area contributed by atoms with Crippen molar-refractivity contribution in [2.24, 2.45) is 0 Å². The van der Waals surface area contributed by atoms with Crippen molar-refractivity contribution in [3.63, 3.8) is 0 Å². The van der Waals surface area contributed by atoms with E-state index in [1.165, 1.54) is 20.5 Å². The van der Waals surface area contributed by atoms with E-state index in [1.54, 1.807) is 13.0 Å². The molecule has 1 amide bonds. The fourth-order valence-electron chi connectivity index (χ4n) is 1.48. The number of rotatable bonds is 5. The Balaban J connectivity index is 2.61. The fraction of sp³-hybridized carbons (Fsp3) is 0.545. The highest BCUT2D eigenvalue weighted by atomic mass is 16.7. The summed E-state index contributed by atoms with van der Waals surface area (Å²) in [6.45, 7) is 3.55. The van der Waals surface area contributed by atoms with Gasteiger partial charge in [-0.15, -0.1) is 0 Å². The molecular formula is C11H17NO4. The quantitative estimate of drug-likeness (QED) is 0.771. The second-order valence-corrected chi connectivity index (χ2v) is 3.49. The van der Waals surface area contributed by atoms with Gasteiger partial charge in [-0.25, -0.2) is 0 Å². The molecule has 16 heavy (non-hydrogen) atoms. The first kappa shape index (κ1) is 12.7. The van der Waals surface area contributed by atoms with Crippen LogP contribution in [0.3, 0.4) is 0 Å². The first-order valence-corrected chi connectivity index (χ1v) is 5.00. The van der Waals surface area contributed by atoms with Gasteiger partial charge in [-0.3, -0.25) is 4.79 Å². The average molecular weight is 227 g/mol. The molecule has 0 aromatic carbocycles. The van der Waals surface area contributed by atoms with Gasteiger partial charge in [0.25, 0.3) is 5.91 Å². The van der Waals surface area contributed by atoms with Crippen molar-refractivity contribution >= 4 is 5.91 Å². The molecule has 0 fully saturated rings. The van der Waals surface area contributed by atoms with Crippen LogP contribution in [0.25, 0.3) is 0 Å². The van der Waals surface area contributed by atoms with Crippen molar-refractivity contribution in [2.45, 2.75) is 26.2 Å². The van der Waals surface area contributed by atoms with E-state index in [0.717, 1.165) is 0 Å². The van der Waals surface area contributed by atoms with Crippen molar-refractivity contribution in [3.05, 3.63) is 23.7 Å². The summed E-state index contributed by atoms with van der Waals surface area (Å²) in [7, 11) is 3.06. The molecule has 0 saturated carbocycles. The lowest BCUT2D eigenvalue weighted by Gasteiger charge is -2.21. The third kappa shape index (κ3) is 2.84. The minimum atomic E-state index is -0.462. The Morgan fingerprint density at radius 1 is 1.44 bits per heavy atom. The fourth-order valence-corrected chi connectivity index (χ4v) is 1.48. The maximum atomic E-state index is 11.8. The van der Waals surface area contributed by atoms with E-state index in [4.69, 9.17) is 13.9 Å². The Morgan fingerprint density at radius 3 is 2.50 bits per heavy atom. The lowest BCUT2D eigenvalue weighted by atomic mass is 10.2. The first-order chi connectivity index (χ1) is 7.60. The lowest BCUT2D eigenvalue weighted by Crippen LogP contribution is -2.43. The van der Waals surface area contributed by atoms with Crippen LogP contribution in [0, 0.1) is 6.92 Å². The molecule has 1 aromatic rings. The van der Waals surface area contributed by atoms with Gasteiger partial charge in [-0.05, 0) is 19.9 Å². The molecule has 5 nitrogen and oxygen atoms in total. The van der Waals surface area contributed by atoms with Crippen molar-refractivity contribution in [3.8, 4) is 0 Å². The van der Waals surface area contributed by atoms with E-state index in [9.17, 15) is 4.79 Å². The molecule has 90 valence electrons. The van der Waals surface area contributed by atoms with Gasteiger partial charge in [0.05, 0.1) is 17.9 Å². The van der Waals surface area contributed by atoms with Gasteiger partial charge in [0.15, 0.2) is 6.29 Å². The molecule has 0 aliphatic heterocycles. The highest BCUT2D eigenvalue weighted by Gasteiger charge is 2.20. The smallest absolute Gasteiger partial charge is 0.255 e.